The van der Waals surface area contributed by atoms with Gasteiger partial charge in [-0.3, -0.25) is 14.3 Å². The van der Waals surface area contributed by atoms with Gasteiger partial charge in [-0.25, -0.2) is 4.39 Å². The van der Waals surface area contributed by atoms with Crippen LogP contribution in [-0.4, -0.2) is 21.3 Å². The molecule has 98 valence electrons. The summed E-state index contributed by atoms with van der Waals surface area (Å²) in [5.74, 6) is -1.11. The van der Waals surface area contributed by atoms with Crippen molar-refractivity contribution in [1.82, 2.24) is 9.78 Å². The quantitative estimate of drug-likeness (QED) is 0.642. The molecule has 1 heterocycles. The monoisotopic (exact) mass is 324 g/mol. The maximum Gasteiger partial charge on any atom is 0.173 e. The van der Waals surface area contributed by atoms with Gasteiger partial charge in [-0.05, 0) is 34.1 Å². The predicted octanol–water partition coefficient (Wildman–Crippen LogP) is 2.78. The first kappa shape index (κ1) is 13.6. The third-order valence-electron chi connectivity index (χ3n) is 2.58. The molecule has 1 aromatic heterocycles. The lowest BCUT2D eigenvalue weighted by atomic mass is 10.0. The van der Waals surface area contributed by atoms with Gasteiger partial charge in [0.25, 0.3) is 0 Å². The topological polar surface area (TPSA) is 52.0 Å². The molecule has 0 atom stereocenters. The Morgan fingerprint density at radius 3 is 2.68 bits per heavy atom. The SMILES string of the molecule is Cn1cc(C(=O)CC(=O)c2ccc(F)cc2Br)cn1. The van der Waals surface area contributed by atoms with Crippen LogP contribution in [0.2, 0.25) is 0 Å². The van der Waals surface area contributed by atoms with E-state index in [1.807, 2.05) is 0 Å². The highest BCUT2D eigenvalue weighted by Gasteiger charge is 2.17. The molecular weight excluding hydrogens is 315 g/mol. The lowest BCUT2D eigenvalue weighted by Gasteiger charge is -2.02. The van der Waals surface area contributed by atoms with Crippen LogP contribution in [0.15, 0.2) is 35.1 Å². The van der Waals surface area contributed by atoms with Crippen LogP contribution in [0, 0.1) is 5.82 Å². The van der Waals surface area contributed by atoms with Crippen molar-refractivity contribution in [2.75, 3.05) is 0 Å². The zero-order valence-corrected chi connectivity index (χ0v) is 11.6. The highest BCUT2D eigenvalue weighted by Crippen LogP contribution is 2.20. The van der Waals surface area contributed by atoms with Crippen molar-refractivity contribution in [2.24, 2.45) is 7.05 Å². The second-order valence-corrected chi connectivity index (χ2v) is 4.90. The molecule has 0 saturated carbocycles. The molecule has 0 aliphatic carbocycles. The predicted molar refractivity (Wildman–Crippen MR) is 70.6 cm³/mol. The van der Waals surface area contributed by atoms with Gasteiger partial charge in [0, 0.05) is 23.3 Å². The molecule has 0 amide bonds. The van der Waals surface area contributed by atoms with Crippen LogP contribution >= 0.6 is 15.9 Å². The third-order valence-corrected chi connectivity index (χ3v) is 3.24. The molecule has 0 aliphatic rings. The molecule has 0 bridgehead atoms. The summed E-state index contributed by atoms with van der Waals surface area (Å²) in [5, 5.41) is 3.87. The largest absolute Gasteiger partial charge is 0.294 e. The van der Waals surface area contributed by atoms with Crippen LogP contribution in [0.25, 0.3) is 0 Å². The molecule has 2 rings (SSSR count). The van der Waals surface area contributed by atoms with Crippen molar-refractivity contribution < 1.29 is 14.0 Å². The number of hydrogen-bond acceptors (Lipinski definition) is 3. The number of benzene rings is 1. The van der Waals surface area contributed by atoms with Crippen molar-refractivity contribution in [3.8, 4) is 0 Å². The number of Topliss-reactive ketones (excluding diaryl/α,β-unsaturated/α-hetero) is 2. The number of carbonyl (C=O) groups excluding carboxylic acids is 2. The van der Waals surface area contributed by atoms with E-state index in [1.165, 1.54) is 29.1 Å². The lowest BCUT2D eigenvalue weighted by Crippen LogP contribution is -2.09. The van der Waals surface area contributed by atoms with Gasteiger partial charge in [-0.2, -0.15) is 5.10 Å². The molecule has 0 fully saturated rings. The number of hydrogen-bond donors (Lipinski definition) is 0. The smallest absolute Gasteiger partial charge is 0.173 e. The first-order chi connectivity index (χ1) is 8.97. The summed E-state index contributed by atoms with van der Waals surface area (Å²) in [6.45, 7) is 0. The van der Waals surface area contributed by atoms with Crippen LogP contribution < -0.4 is 0 Å². The second-order valence-electron chi connectivity index (χ2n) is 4.05. The number of halogens is 2. The van der Waals surface area contributed by atoms with Crippen molar-refractivity contribution in [3.63, 3.8) is 0 Å². The second kappa shape index (κ2) is 5.44. The van der Waals surface area contributed by atoms with Gasteiger partial charge in [0.2, 0.25) is 0 Å². The fourth-order valence-corrected chi connectivity index (χ4v) is 2.20. The van der Waals surface area contributed by atoms with Crippen LogP contribution in [0.1, 0.15) is 27.1 Å². The minimum Gasteiger partial charge on any atom is -0.294 e. The van der Waals surface area contributed by atoms with E-state index in [2.05, 4.69) is 21.0 Å². The van der Waals surface area contributed by atoms with E-state index < -0.39 is 5.82 Å². The molecule has 6 heteroatoms. The number of aromatic nitrogens is 2. The summed E-state index contributed by atoms with van der Waals surface area (Å²) < 4.78 is 14.8. The van der Waals surface area contributed by atoms with Crippen LogP contribution in [0.3, 0.4) is 0 Å². The molecule has 0 N–H and O–H groups in total. The molecule has 1 aromatic carbocycles. The Labute approximate surface area is 117 Å². The number of aryl methyl sites for hydroxylation is 1. The lowest BCUT2D eigenvalue weighted by molar-refractivity contribution is 0.0894. The van der Waals surface area contributed by atoms with Crippen molar-refractivity contribution in [1.29, 1.82) is 0 Å². The van der Waals surface area contributed by atoms with E-state index in [-0.39, 0.29) is 18.0 Å². The normalized spacial score (nSPS) is 10.5. The fourth-order valence-electron chi connectivity index (χ4n) is 1.62. The Morgan fingerprint density at radius 1 is 1.37 bits per heavy atom. The number of ketones is 2. The van der Waals surface area contributed by atoms with Gasteiger partial charge in [0.05, 0.1) is 18.2 Å². The minimum absolute atomic E-state index is 0.268. The number of rotatable bonds is 4. The minimum atomic E-state index is -0.443. The zero-order chi connectivity index (χ0) is 14.0. The van der Waals surface area contributed by atoms with Gasteiger partial charge in [0.15, 0.2) is 11.6 Å². The van der Waals surface area contributed by atoms with Gasteiger partial charge in [-0.1, -0.05) is 0 Å². The summed E-state index contributed by atoms with van der Waals surface area (Å²) in [5.41, 5.74) is 0.674. The van der Waals surface area contributed by atoms with Crippen LogP contribution in [-0.2, 0) is 7.05 Å². The first-order valence-electron chi connectivity index (χ1n) is 5.47. The maximum absolute atomic E-state index is 12.9. The zero-order valence-electron chi connectivity index (χ0n) is 10.1. The average molecular weight is 325 g/mol. The summed E-state index contributed by atoms with van der Waals surface area (Å²) in [6.07, 6.45) is 2.70. The van der Waals surface area contributed by atoms with Crippen molar-refractivity contribution in [3.05, 3.63) is 52.0 Å². The molecule has 2 aromatic rings. The molecule has 0 aliphatic heterocycles. The van der Waals surface area contributed by atoms with E-state index in [4.69, 9.17) is 0 Å². The summed E-state index contributed by atoms with van der Waals surface area (Å²) in [7, 11) is 1.69. The Morgan fingerprint density at radius 2 is 2.11 bits per heavy atom. The molecule has 0 radical (unpaired) electrons. The Kier molecular flexibility index (Phi) is 3.90. The Balaban J connectivity index is 2.15. The number of nitrogens with zero attached hydrogens (tertiary/aromatic N) is 2. The number of carbonyl (C=O) groups is 2. The Bertz CT molecular complexity index is 652. The molecule has 0 spiro atoms. The van der Waals surface area contributed by atoms with E-state index in [9.17, 15) is 14.0 Å². The van der Waals surface area contributed by atoms with Crippen molar-refractivity contribution in [2.45, 2.75) is 6.42 Å². The molecule has 4 nitrogen and oxygen atoms in total. The van der Waals surface area contributed by atoms with E-state index >= 15 is 0 Å². The molecule has 19 heavy (non-hydrogen) atoms. The highest BCUT2D eigenvalue weighted by molar-refractivity contribution is 9.10. The molecule has 0 saturated heterocycles. The summed E-state index contributed by atoms with van der Waals surface area (Å²) in [6, 6.07) is 3.74. The highest BCUT2D eigenvalue weighted by atomic mass is 79.9. The van der Waals surface area contributed by atoms with Crippen molar-refractivity contribution >= 4 is 27.5 Å². The van der Waals surface area contributed by atoms with E-state index in [0.29, 0.717) is 15.6 Å². The van der Waals surface area contributed by atoms with Crippen LogP contribution in [0.4, 0.5) is 4.39 Å². The molecule has 0 unspecified atom stereocenters. The van der Waals surface area contributed by atoms with Crippen LogP contribution in [0.5, 0.6) is 0 Å². The van der Waals surface area contributed by atoms with E-state index in [1.54, 1.807) is 13.2 Å². The Hall–Kier alpha value is -1.82. The maximum atomic E-state index is 12.9. The summed E-state index contributed by atoms with van der Waals surface area (Å²) >= 11 is 3.11. The first-order valence-corrected chi connectivity index (χ1v) is 6.27. The van der Waals surface area contributed by atoms with E-state index in [0.717, 1.165) is 0 Å². The van der Waals surface area contributed by atoms with Gasteiger partial charge in [0.1, 0.15) is 5.82 Å². The molecular formula is C13H10BrFN2O2. The van der Waals surface area contributed by atoms with Gasteiger partial charge < -0.3 is 0 Å². The van der Waals surface area contributed by atoms with Gasteiger partial charge >= 0.3 is 0 Å². The standard InChI is InChI=1S/C13H10BrFN2O2/c1-17-7-8(6-16-17)12(18)5-13(19)10-3-2-9(15)4-11(10)14/h2-4,6-7H,5H2,1H3. The third kappa shape index (κ3) is 3.14. The fraction of sp³-hybridized carbons (Fsp3) is 0.154. The average Bonchev–Trinajstić information content (AvgIpc) is 2.75. The van der Waals surface area contributed by atoms with Gasteiger partial charge in [-0.15, -0.1) is 0 Å². The summed E-state index contributed by atoms with van der Waals surface area (Å²) in [4.78, 5) is 23.8.